The van der Waals surface area contributed by atoms with E-state index >= 15 is 0 Å². The van der Waals surface area contributed by atoms with Crippen molar-refractivity contribution in [1.82, 2.24) is 29.7 Å². The SMILES string of the molecule is Cc1cccc(-c2[nH]cnc2-c2ccc3ncc(NCCN4CCC[C@@H](C(=O)O[C@@H]5CCN(C)C5)C4)cc3c2)n1. The van der Waals surface area contributed by atoms with Crippen molar-refractivity contribution < 1.29 is 9.53 Å². The monoisotopic (exact) mass is 539 g/mol. The molecule has 0 spiro atoms. The molecule has 9 nitrogen and oxygen atoms in total. The number of carbonyl (C=O) groups excluding carboxylic acids is 1. The van der Waals surface area contributed by atoms with E-state index in [1.54, 1.807) is 6.33 Å². The van der Waals surface area contributed by atoms with E-state index in [1.807, 2.05) is 37.4 Å². The van der Waals surface area contributed by atoms with Crippen molar-refractivity contribution >= 4 is 22.6 Å². The maximum absolute atomic E-state index is 12.8. The third kappa shape index (κ3) is 6.00. The molecule has 0 unspecified atom stereocenters. The first-order valence-corrected chi connectivity index (χ1v) is 14.2. The van der Waals surface area contributed by atoms with E-state index in [9.17, 15) is 4.79 Å². The second-order valence-electron chi connectivity index (χ2n) is 11.1. The van der Waals surface area contributed by atoms with Gasteiger partial charge < -0.3 is 24.8 Å². The Morgan fingerprint density at radius 2 is 2.05 bits per heavy atom. The number of hydrogen-bond acceptors (Lipinski definition) is 8. The molecule has 2 atom stereocenters. The number of esters is 1. The normalized spacial score (nSPS) is 20.1. The van der Waals surface area contributed by atoms with Gasteiger partial charge in [-0.1, -0.05) is 12.1 Å². The van der Waals surface area contributed by atoms with Crippen LogP contribution in [0.15, 0.2) is 55.0 Å². The molecule has 2 N–H and O–H groups in total. The molecule has 40 heavy (non-hydrogen) atoms. The molecule has 9 heteroatoms. The topological polar surface area (TPSA) is 99.3 Å². The number of piperidine rings is 1. The number of rotatable bonds is 8. The molecule has 5 heterocycles. The molecule has 2 saturated heterocycles. The highest BCUT2D eigenvalue weighted by Crippen LogP contribution is 2.30. The van der Waals surface area contributed by atoms with Crippen LogP contribution in [-0.4, -0.2) is 88.1 Å². The molecule has 2 fully saturated rings. The Morgan fingerprint density at radius 1 is 1.12 bits per heavy atom. The van der Waals surface area contributed by atoms with Crippen LogP contribution < -0.4 is 5.32 Å². The Kier molecular flexibility index (Phi) is 7.75. The summed E-state index contributed by atoms with van der Waals surface area (Å²) in [6.45, 7) is 7.27. The van der Waals surface area contributed by atoms with E-state index in [-0.39, 0.29) is 18.0 Å². The second-order valence-corrected chi connectivity index (χ2v) is 11.1. The molecule has 0 bridgehead atoms. The summed E-state index contributed by atoms with van der Waals surface area (Å²) in [5.41, 5.74) is 6.55. The molecule has 0 aliphatic carbocycles. The van der Waals surface area contributed by atoms with Crippen LogP contribution in [0.1, 0.15) is 25.0 Å². The van der Waals surface area contributed by atoms with Gasteiger partial charge in [0, 0.05) is 49.4 Å². The van der Waals surface area contributed by atoms with Crippen LogP contribution >= 0.6 is 0 Å². The number of carbonyl (C=O) groups is 1. The number of pyridine rings is 2. The molecule has 6 rings (SSSR count). The number of nitrogens with one attached hydrogen (secondary N) is 2. The summed E-state index contributed by atoms with van der Waals surface area (Å²) in [5, 5.41) is 4.58. The smallest absolute Gasteiger partial charge is 0.310 e. The molecule has 3 aromatic heterocycles. The third-order valence-corrected chi connectivity index (χ3v) is 7.97. The van der Waals surface area contributed by atoms with Gasteiger partial charge in [0.2, 0.25) is 0 Å². The highest BCUT2D eigenvalue weighted by atomic mass is 16.5. The van der Waals surface area contributed by atoms with Crippen LogP contribution in [0.3, 0.4) is 0 Å². The molecular weight excluding hydrogens is 502 g/mol. The van der Waals surface area contributed by atoms with Crippen molar-refractivity contribution in [2.75, 3.05) is 51.6 Å². The van der Waals surface area contributed by atoms with Crippen LogP contribution in [0.2, 0.25) is 0 Å². The van der Waals surface area contributed by atoms with Crippen molar-refractivity contribution in [2.45, 2.75) is 32.3 Å². The Labute approximate surface area is 235 Å². The fourth-order valence-electron chi connectivity index (χ4n) is 5.83. The maximum atomic E-state index is 12.8. The average molecular weight is 540 g/mol. The lowest BCUT2D eigenvalue weighted by atomic mass is 9.98. The van der Waals surface area contributed by atoms with Gasteiger partial charge in [-0.05, 0) is 70.1 Å². The first kappa shape index (κ1) is 26.4. The van der Waals surface area contributed by atoms with Gasteiger partial charge in [-0.25, -0.2) is 4.98 Å². The molecule has 2 aliphatic heterocycles. The lowest BCUT2D eigenvalue weighted by molar-refractivity contribution is -0.155. The Balaban J connectivity index is 1.07. The number of H-pyrrole nitrogens is 1. The summed E-state index contributed by atoms with van der Waals surface area (Å²) in [5.74, 6) is -0.0481. The van der Waals surface area contributed by atoms with Gasteiger partial charge in [0.1, 0.15) is 6.10 Å². The van der Waals surface area contributed by atoms with Gasteiger partial charge in [0.05, 0.1) is 46.7 Å². The zero-order valence-electron chi connectivity index (χ0n) is 23.3. The highest BCUT2D eigenvalue weighted by Gasteiger charge is 2.30. The quantitative estimate of drug-likeness (QED) is 0.319. The van der Waals surface area contributed by atoms with Crippen molar-refractivity contribution in [2.24, 2.45) is 5.92 Å². The number of aromatic nitrogens is 4. The third-order valence-electron chi connectivity index (χ3n) is 7.97. The predicted octanol–water partition coefficient (Wildman–Crippen LogP) is 4.37. The van der Waals surface area contributed by atoms with Gasteiger partial charge in [0.15, 0.2) is 0 Å². The number of nitrogens with zero attached hydrogens (tertiary/aromatic N) is 5. The molecule has 2 aliphatic rings. The molecule has 0 radical (unpaired) electrons. The first-order chi connectivity index (χ1) is 19.5. The lowest BCUT2D eigenvalue weighted by Crippen LogP contribution is -2.42. The van der Waals surface area contributed by atoms with E-state index in [4.69, 9.17) is 4.74 Å². The van der Waals surface area contributed by atoms with E-state index in [2.05, 4.69) is 60.3 Å². The maximum Gasteiger partial charge on any atom is 0.310 e. The number of anilines is 1. The number of fused-ring (bicyclic) bond motifs is 1. The van der Waals surface area contributed by atoms with Gasteiger partial charge in [-0.2, -0.15) is 0 Å². The van der Waals surface area contributed by atoms with Gasteiger partial charge in [-0.3, -0.25) is 14.8 Å². The van der Waals surface area contributed by atoms with Crippen LogP contribution in [0.5, 0.6) is 0 Å². The highest BCUT2D eigenvalue weighted by molar-refractivity contribution is 5.88. The largest absolute Gasteiger partial charge is 0.461 e. The van der Waals surface area contributed by atoms with Crippen molar-refractivity contribution in [3.63, 3.8) is 0 Å². The van der Waals surface area contributed by atoms with Gasteiger partial charge >= 0.3 is 5.97 Å². The molecule has 0 saturated carbocycles. The number of likely N-dealkylation sites (tertiary alicyclic amines) is 2. The van der Waals surface area contributed by atoms with E-state index in [0.717, 1.165) is 103 Å². The first-order valence-electron chi connectivity index (χ1n) is 14.2. The van der Waals surface area contributed by atoms with E-state index in [0.29, 0.717) is 0 Å². The summed E-state index contributed by atoms with van der Waals surface area (Å²) < 4.78 is 5.82. The zero-order valence-corrected chi connectivity index (χ0v) is 23.3. The van der Waals surface area contributed by atoms with Crippen molar-refractivity contribution in [3.05, 3.63) is 60.7 Å². The second kappa shape index (κ2) is 11.7. The minimum absolute atomic E-state index is 0.0225. The fraction of sp³-hybridized carbons (Fsp3) is 0.419. The number of aryl methyl sites for hydroxylation is 1. The zero-order chi connectivity index (χ0) is 27.5. The van der Waals surface area contributed by atoms with Crippen LogP contribution in [0, 0.1) is 12.8 Å². The van der Waals surface area contributed by atoms with Crippen molar-refractivity contribution in [3.8, 4) is 22.6 Å². The minimum Gasteiger partial charge on any atom is -0.461 e. The fourth-order valence-corrected chi connectivity index (χ4v) is 5.83. The van der Waals surface area contributed by atoms with Crippen LogP contribution in [-0.2, 0) is 9.53 Å². The standard InChI is InChI=1S/C31H37N7O2/c1-21-5-3-7-28(36-21)30-29(34-20-35-30)22-8-9-27-24(15-22)16-25(17-33-27)32-11-14-38-12-4-6-23(18-38)31(39)40-26-10-13-37(2)19-26/h3,5,7-9,15-17,20,23,26,32H,4,6,10-14,18-19H2,1-2H3,(H,34,35)/t23-,26-/m1/s1. The molecule has 0 amide bonds. The Bertz CT molecular complexity index is 1490. The number of hydrogen-bond donors (Lipinski definition) is 2. The molecule has 1 aromatic carbocycles. The molecule has 208 valence electrons. The van der Waals surface area contributed by atoms with Gasteiger partial charge in [-0.15, -0.1) is 0 Å². The Hall–Kier alpha value is -3.82. The number of ether oxygens (including phenoxy) is 1. The summed E-state index contributed by atoms with van der Waals surface area (Å²) in [6, 6.07) is 14.4. The average Bonchev–Trinajstić information content (AvgIpc) is 3.62. The lowest BCUT2D eigenvalue weighted by Gasteiger charge is -2.32. The summed E-state index contributed by atoms with van der Waals surface area (Å²) in [4.78, 5) is 34.5. The van der Waals surface area contributed by atoms with E-state index < -0.39 is 0 Å². The molecular formula is C31H37N7O2. The number of benzene rings is 1. The van der Waals surface area contributed by atoms with Crippen LogP contribution in [0.4, 0.5) is 5.69 Å². The Morgan fingerprint density at radius 3 is 2.90 bits per heavy atom. The van der Waals surface area contributed by atoms with E-state index in [1.165, 1.54) is 0 Å². The number of aromatic amines is 1. The summed E-state index contributed by atoms with van der Waals surface area (Å²) in [7, 11) is 2.08. The number of likely N-dealkylation sites (N-methyl/N-ethyl adjacent to an activating group) is 1. The van der Waals surface area contributed by atoms with Gasteiger partial charge in [0.25, 0.3) is 0 Å². The summed E-state index contributed by atoms with van der Waals surface area (Å²) in [6.07, 6.45) is 6.53. The predicted molar refractivity (Wildman–Crippen MR) is 157 cm³/mol. The van der Waals surface area contributed by atoms with Crippen LogP contribution in [0.25, 0.3) is 33.5 Å². The summed E-state index contributed by atoms with van der Waals surface area (Å²) >= 11 is 0. The molecule has 4 aromatic rings. The minimum atomic E-state index is -0.0256. The van der Waals surface area contributed by atoms with Crippen molar-refractivity contribution in [1.29, 1.82) is 0 Å². The number of imidazole rings is 1.